The van der Waals surface area contributed by atoms with Gasteiger partial charge in [0.1, 0.15) is 11.4 Å². The Bertz CT molecular complexity index is 1210. The van der Waals surface area contributed by atoms with Crippen LogP contribution in [0.25, 0.3) is 22.6 Å². The molecule has 0 atom stereocenters. The number of rotatable bonds is 4. The molecule has 0 radical (unpaired) electrons. The van der Waals surface area contributed by atoms with E-state index >= 15 is 0 Å². The Morgan fingerprint density at radius 3 is 2.40 bits per heavy atom. The summed E-state index contributed by atoms with van der Waals surface area (Å²) in [5.41, 5.74) is 0.974. The normalized spacial score (nSPS) is 17.8. The second-order valence-corrected chi connectivity index (χ2v) is 8.97. The lowest BCUT2D eigenvalue weighted by Crippen LogP contribution is -2.60. The lowest BCUT2D eigenvalue weighted by Gasteiger charge is -2.53. The van der Waals surface area contributed by atoms with Gasteiger partial charge in [0.05, 0.1) is 6.20 Å². The summed E-state index contributed by atoms with van der Waals surface area (Å²) in [5.74, 6) is -1.95. The van der Waals surface area contributed by atoms with Gasteiger partial charge in [-0.05, 0) is 51.2 Å². The minimum absolute atomic E-state index is 0.143. The fraction of sp³-hybridized carbons (Fsp3) is 0.391. The molecule has 2 aliphatic heterocycles. The maximum Gasteiger partial charge on any atom is 0.491 e. The summed E-state index contributed by atoms with van der Waals surface area (Å²) in [6, 6.07) is 5.96. The predicted molar refractivity (Wildman–Crippen MR) is 119 cm³/mol. The Kier molecular flexibility index (Phi) is 5.83. The van der Waals surface area contributed by atoms with Gasteiger partial charge in [-0.25, -0.2) is 19.7 Å². The highest BCUT2D eigenvalue weighted by molar-refractivity contribution is 5.82. The minimum Gasteiger partial charge on any atom is -0.419 e. The monoisotopic (exact) mass is 485 g/mol. The molecule has 0 aliphatic carbocycles. The van der Waals surface area contributed by atoms with E-state index in [2.05, 4.69) is 37.1 Å². The average molecular weight is 485 g/mol. The number of hydrogen-bond donors (Lipinski definition) is 0. The first kappa shape index (κ1) is 23.1. The molecule has 35 heavy (non-hydrogen) atoms. The molecule has 1 aromatic carbocycles. The number of alkyl halides is 3. The summed E-state index contributed by atoms with van der Waals surface area (Å²) in [7, 11) is 2.12. The Balaban J connectivity index is 1.39. The van der Waals surface area contributed by atoms with Crippen molar-refractivity contribution in [3.63, 3.8) is 0 Å². The van der Waals surface area contributed by atoms with Gasteiger partial charge in [0.25, 0.3) is 0 Å². The van der Waals surface area contributed by atoms with E-state index in [1.807, 2.05) is 4.90 Å². The van der Waals surface area contributed by atoms with E-state index in [4.69, 9.17) is 4.74 Å². The largest absolute Gasteiger partial charge is 0.491 e. The zero-order valence-electron chi connectivity index (χ0n) is 18.9. The number of benzene rings is 1. The van der Waals surface area contributed by atoms with Crippen molar-refractivity contribution in [1.29, 1.82) is 0 Å². The molecule has 1 spiro atoms. The second kappa shape index (κ2) is 8.84. The Morgan fingerprint density at radius 2 is 1.77 bits per heavy atom. The molecule has 2 saturated heterocycles. The maximum absolute atomic E-state index is 12.9. The van der Waals surface area contributed by atoms with Gasteiger partial charge in [-0.2, -0.15) is 13.2 Å². The third kappa shape index (κ3) is 4.78. The van der Waals surface area contributed by atoms with Crippen molar-refractivity contribution in [1.82, 2.24) is 30.0 Å². The smallest absolute Gasteiger partial charge is 0.419 e. The van der Waals surface area contributed by atoms with Crippen molar-refractivity contribution in [2.24, 2.45) is 5.41 Å². The van der Waals surface area contributed by atoms with Gasteiger partial charge in [0, 0.05) is 42.0 Å². The minimum atomic E-state index is -5.16. The molecule has 2 aliphatic rings. The first-order valence-electron chi connectivity index (χ1n) is 11.1. The first-order chi connectivity index (χ1) is 16.7. The van der Waals surface area contributed by atoms with Gasteiger partial charge in [-0.1, -0.05) is 6.07 Å². The summed E-state index contributed by atoms with van der Waals surface area (Å²) in [6.45, 7) is 3.83. The number of esters is 1. The standard InChI is InChI=1S/C23H22F3N7O2/c1-32-9-5-22(6-10-32)13-33(14-22)21-29-12-17(30-31-21)16-4-3-15(19-27-7-2-8-28-19)11-18(16)35-20(34)23(24,25)26/h2-4,7-8,11-12H,5-6,9-10,13-14H2,1H3. The maximum atomic E-state index is 12.9. The Morgan fingerprint density at radius 1 is 1.06 bits per heavy atom. The van der Waals surface area contributed by atoms with Crippen LogP contribution in [0.4, 0.5) is 19.1 Å². The van der Waals surface area contributed by atoms with Crippen LogP contribution in [-0.2, 0) is 4.79 Å². The summed E-state index contributed by atoms with van der Waals surface area (Å²) >= 11 is 0. The molecule has 182 valence electrons. The molecule has 0 saturated carbocycles. The highest BCUT2D eigenvalue weighted by Crippen LogP contribution is 2.41. The van der Waals surface area contributed by atoms with Crippen molar-refractivity contribution < 1.29 is 22.7 Å². The highest BCUT2D eigenvalue weighted by atomic mass is 19.4. The lowest BCUT2D eigenvalue weighted by atomic mass is 9.72. The van der Waals surface area contributed by atoms with Crippen molar-refractivity contribution in [3.8, 4) is 28.4 Å². The van der Waals surface area contributed by atoms with Gasteiger partial charge in [-0.15, -0.1) is 10.2 Å². The van der Waals surface area contributed by atoms with Crippen LogP contribution in [0.5, 0.6) is 5.75 Å². The quantitative estimate of drug-likeness (QED) is 0.408. The molecule has 4 heterocycles. The summed E-state index contributed by atoms with van der Waals surface area (Å²) in [6.07, 6.45) is 1.50. The van der Waals surface area contributed by atoms with Crippen LogP contribution >= 0.6 is 0 Å². The molecule has 5 rings (SSSR count). The number of halogens is 3. The fourth-order valence-electron chi connectivity index (χ4n) is 4.41. The molecule has 0 amide bonds. The number of carbonyl (C=O) groups is 1. The molecule has 9 nitrogen and oxygen atoms in total. The van der Waals surface area contributed by atoms with E-state index in [9.17, 15) is 18.0 Å². The van der Waals surface area contributed by atoms with Crippen molar-refractivity contribution in [3.05, 3.63) is 42.9 Å². The van der Waals surface area contributed by atoms with E-state index in [0.29, 0.717) is 11.5 Å². The average Bonchev–Trinajstić information content (AvgIpc) is 2.83. The van der Waals surface area contributed by atoms with Gasteiger partial charge >= 0.3 is 12.1 Å². The number of piperidine rings is 1. The van der Waals surface area contributed by atoms with Gasteiger partial charge in [-0.3, -0.25) is 0 Å². The number of aromatic nitrogens is 5. The number of nitrogens with zero attached hydrogens (tertiary/aromatic N) is 7. The zero-order chi connectivity index (χ0) is 24.6. The van der Waals surface area contributed by atoms with E-state index in [1.165, 1.54) is 30.7 Å². The highest BCUT2D eigenvalue weighted by Gasteiger charge is 2.45. The number of anilines is 1. The SMILES string of the molecule is CN1CCC2(CC1)CN(c1ncc(-c3ccc(-c4ncccn4)cc3OC(=O)C(F)(F)F)nn1)C2. The number of hydrogen-bond acceptors (Lipinski definition) is 9. The molecule has 3 aromatic rings. The van der Waals surface area contributed by atoms with E-state index in [1.54, 1.807) is 12.1 Å². The summed E-state index contributed by atoms with van der Waals surface area (Å²) < 4.78 is 43.4. The van der Waals surface area contributed by atoms with Gasteiger partial charge < -0.3 is 14.5 Å². The Hall–Kier alpha value is -3.67. The Labute approximate surface area is 199 Å². The first-order valence-corrected chi connectivity index (χ1v) is 11.1. The van der Waals surface area contributed by atoms with E-state index in [0.717, 1.165) is 39.0 Å². The zero-order valence-corrected chi connectivity index (χ0v) is 18.9. The molecule has 12 heteroatoms. The van der Waals surface area contributed by atoms with E-state index in [-0.39, 0.29) is 28.2 Å². The van der Waals surface area contributed by atoms with Crippen LogP contribution in [0, 0.1) is 5.41 Å². The van der Waals surface area contributed by atoms with Crippen LogP contribution in [-0.4, -0.2) is 75.4 Å². The van der Waals surface area contributed by atoms with Crippen LogP contribution in [0.3, 0.4) is 0 Å². The third-order valence-electron chi connectivity index (χ3n) is 6.45. The second-order valence-electron chi connectivity index (χ2n) is 8.97. The molecule has 2 fully saturated rings. The summed E-state index contributed by atoms with van der Waals surface area (Å²) in [4.78, 5) is 28.5. The molecule has 0 unspecified atom stereocenters. The van der Waals surface area contributed by atoms with Crippen molar-refractivity contribution >= 4 is 11.9 Å². The fourth-order valence-corrected chi connectivity index (χ4v) is 4.41. The van der Waals surface area contributed by atoms with Crippen molar-refractivity contribution in [2.75, 3.05) is 38.1 Å². The number of likely N-dealkylation sites (tertiary alicyclic amines) is 1. The van der Waals surface area contributed by atoms with Crippen molar-refractivity contribution in [2.45, 2.75) is 19.0 Å². The van der Waals surface area contributed by atoms with E-state index < -0.39 is 12.1 Å². The van der Waals surface area contributed by atoms with Crippen LogP contribution < -0.4 is 9.64 Å². The number of carbonyl (C=O) groups excluding carboxylic acids is 1. The predicted octanol–water partition coefficient (Wildman–Crippen LogP) is 3.00. The molecule has 2 aromatic heterocycles. The third-order valence-corrected chi connectivity index (χ3v) is 6.45. The van der Waals surface area contributed by atoms with Gasteiger partial charge in [0.15, 0.2) is 5.82 Å². The van der Waals surface area contributed by atoms with Gasteiger partial charge in [0.2, 0.25) is 5.95 Å². The van der Waals surface area contributed by atoms with Crippen LogP contribution in [0.1, 0.15) is 12.8 Å². The lowest BCUT2D eigenvalue weighted by molar-refractivity contribution is -0.189. The summed E-state index contributed by atoms with van der Waals surface area (Å²) in [5, 5.41) is 8.35. The molecular formula is C23H22F3N7O2. The number of ether oxygens (including phenoxy) is 1. The van der Waals surface area contributed by atoms with Crippen LogP contribution in [0.2, 0.25) is 0 Å². The van der Waals surface area contributed by atoms with Crippen LogP contribution in [0.15, 0.2) is 42.9 Å². The molecular weight excluding hydrogens is 463 g/mol. The topological polar surface area (TPSA) is 97.2 Å². The molecule has 0 N–H and O–H groups in total. The molecule has 0 bridgehead atoms.